The number of carbonyl (C=O) groups excluding carboxylic acids is 1. The Bertz CT molecular complexity index is 673. The van der Waals surface area contributed by atoms with Crippen LogP contribution in [0.1, 0.15) is 30.1 Å². The topological polar surface area (TPSA) is 92.4 Å². The van der Waals surface area contributed by atoms with Crippen molar-refractivity contribution in [1.82, 2.24) is 10.3 Å². The molecule has 0 saturated carbocycles. The molecule has 0 unspecified atom stereocenters. The van der Waals surface area contributed by atoms with Crippen molar-refractivity contribution in [2.75, 3.05) is 6.54 Å². The van der Waals surface area contributed by atoms with E-state index in [2.05, 4.69) is 10.3 Å². The summed E-state index contributed by atoms with van der Waals surface area (Å²) in [6, 6.07) is 5.09. The monoisotopic (exact) mass is 276 g/mol. The average Bonchev–Trinajstić information content (AvgIpc) is 2.78. The van der Waals surface area contributed by atoms with Crippen LogP contribution in [0.15, 0.2) is 22.6 Å². The smallest absolute Gasteiger partial charge is 0.310 e. The van der Waals surface area contributed by atoms with E-state index in [0.29, 0.717) is 11.1 Å². The van der Waals surface area contributed by atoms with Gasteiger partial charge in [-0.1, -0.05) is 0 Å². The molecule has 0 saturated heterocycles. The van der Waals surface area contributed by atoms with Crippen LogP contribution in [0.4, 0.5) is 0 Å². The number of hydrogen-bond acceptors (Lipinski definition) is 4. The predicted octanol–water partition coefficient (Wildman–Crippen LogP) is 1.98. The lowest BCUT2D eigenvalue weighted by molar-refractivity contribution is -0.146. The lowest BCUT2D eigenvalue weighted by Crippen LogP contribution is -2.38. The lowest BCUT2D eigenvalue weighted by Gasteiger charge is -2.18. The van der Waals surface area contributed by atoms with Gasteiger partial charge in [0.05, 0.1) is 5.41 Å². The van der Waals surface area contributed by atoms with Gasteiger partial charge in [-0.05, 0) is 32.9 Å². The molecule has 0 aromatic carbocycles. The number of aromatic nitrogens is 1. The number of aryl methyl sites for hydroxylation is 1. The van der Waals surface area contributed by atoms with Gasteiger partial charge in [0.25, 0.3) is 5.91 Å². The Balaban J connectivity index is 2.14. The van der Waals surface area contributed by atoms with Crippen molar-refractivity contribution in [1.29, 1.82) is 0 Å². The number of nitrogens with one attached hydrogen (secondary N) is 1. The highest BCUT2D eigenvalue weighted by Gasteiger charge is 2.28. The van der Waals surface area contributed by atoms with Crippen LogP contribution in [-0.2, 0) is 4.79 Å². The van der Waals surface area contributed by atoms with Crippen LogP contribution < -0.4 is 5.32 Å². The normalized spacial score (nSPS) is 11.6. The van der Waals surface area contributed by atoms with Crippen LogP contribution in [0.3, 0.4) is 0 Å². The van der Waals surface area contributed by atoms with Gasteiger partial charge >= 0.3 is 5.97 Å². The summed E-state index contributed by atoms with van der Waals surface area (Å²) in [5.41, 5.74) is 0.930. The molecule has 2 aromatic rings. The fourth-order valence-corrected chi connectivity index (χ4v) is 1.60. The largest absolute Gasteiger partial charge is 0.481 e. The molecule has 0 aliphatic carbocycles. The van der Waals surface area contributed by atoms with Gasteiger partial charge in [0.1, 0.15) is 5.52 Å². The Hall–Kier alpha value is -2.37. The van der Waals surface area contributed by atoms with Crippen molar-refractivity contribution in [2.45, 2.75) is 20.8 Å². The number of nitrogens with zero attached hydrogens (tertiary/aromatic N) is 1. The molecule has 0 atom stereocenters. The summed E-state index contributed by atoms with van der Waals surface area (Å²) in [4.78, 5) is 27.2. The molecule has 2 aromatic heterocycles. The number of aliphatic carboxylic acids is 1. The second-order valence-electron chi connectivity index (χ2n) is 5.32. The van der Waals surface area contributed by atoms with Crippen LogP contribution >= 0.6 is 0 Å². The van der Waals surface area contributed by atoms with Crippen LogP contribution in [0.25, 0.3) is 11.1 Å². The number of hydrogen-bond donors (Lipinski definition) is 2. The van der Waals surface area contributed by atoms with Crippen molar-refractivity contribution >= 4 is 23.0 Å². The van der Waals surface area contributed by atoms with E-state index in [1.807, 2.05) is 6.92 Å². The molecule has 2 heterocycles. The van der Waals surface area contributed by atoms with E-state index in [4.69, 9.17) is 9.52 Å². The number of carboxylic acids is 1. The van der Waals surface area contributed by atoms with E-state index in [-0.39, 0.29) is 12.3 Å². The van der Waals surface area contributed by atoms with E-state index in [1.165, 1.54) is 0 Å². The average molecular weight is 276 g/mol. The molecule has 1 amide bonds. The van der Waals surface area contributed by atoms with Gasteiger partial charge in [0, 0.05) is 18.3 Å². The summed E-state index contributed by atoms with van der Waals surface area (Å²) in [7, 11) is 0. The zero-order chi connectivity index (χ0) is 14.9. The Morgan fingerprint density at radius 3 is 2.75 bits per heavy atom. The molecule has 0 bridgehead atoms. The van der Waals surface area contributed by atoms with Gasteiger partial charge in [-0.2, -0.15) is 0 Å². The molecule has 2 rings (SSSR count). The summed E-state index contributed by atoms with van der Waals surface area (Å²) < 4.78 is 5.39. The Morgan fingerprint density at radius 2 is 2.10 bits per heavy atom. The van der Waals surface area contributed by atoms with Gasteiger partial charge in [-0.15, -0.1) is 0 Å². The molecule has 6 nitrogen and oxygen atoms in total. The predicted molar refractivity (Wildman–Crippen MR) is 72.5 cm³/mol. The van der Waals surface area contributed by atoms with Gasteiger partial charge in [-0.3, -0.25) is 9.59 Å². The molecule has 0 spiro atoms. The van der Waals surface area contributed by atoms with E-state index >= 15 is 0 Å². The number of carbonyl (C=O) groups is 2. The minimum atomic E-state index is -1.03. The molecule has 106 valence electrons. The molecule has 0 radical (unpaired) electrons. The first-order valence-electron chi connectivity index (χ1n) is 6.18. The third-order valence-electron chi connectivity index (χ3n) is 3.01. The second kappa shape index (κ2) is 4.96. The third-order valence-corrected chi connectivity index (χ3v) is 3.01. The fraction of sp³-hybridized carbons (Fsp3) is 0.357. The second-order valence-corrected chi connectivity index (χ2v) is 5.32. The zero-order valence-electron chi connectivity index (χ0n) is 11.6. The molecule has 0 fully saturated rings. The molecule has 20 heavy (non-hydrogen) atoms. The third kappa shape index (κ3) is 2.79. The summed E-state index contributed by atoms with van der Waals surface area (Å²) in [6.45, 7) is 4.95. The maximum Gasteiger partial charge on any atom is 0.310 e. The number of carboxylic acid groups (broad SMARTS) is 1. The first kappa shape index (κ1) is 14.0. The van der Waals surface area contributed by atoms with Crippen LogP contribution in [0.2, 0.25) is 0 Å². The van der Waals surface area contributed by atoms with Gasteiger partial charge in [-0.25, -0.2) is 4.98 Å². The van der Waals surface area contributed by atoms with E-state index in [1.54, 1.807) is 32.0 Å². The maximum atomic E-state index is 11.9. The van der Waals surface area contributed by atoms with Crippen molar-refractivity contribution < 1.29 is 19.1 Å². The van der Waals surface area contributed by atoms with Crippen molar-refractivity contribution in [3.05, 3.63) is 29.7 Å². The molecule has 0 aliphatic rings. The van der Waals surface area contributed by atoms with Crippen molar-refractivity contribution in [3.63, 3.8) is 0 Å². The molecular weight excluding hydrogens is 260 g/mol. The summed E-state index contributed by atoms with van der Waals surface area (Å²) in [5.74, 6) is -1.30. The summed E-state index contributed by atoms with van der Waals surface area (Å²) >= 11 is 0. The van der Waals surface area contributed by atoms with Crippen LogP contribution in [0, 0.1) is 12.3 Å². The minimum absolute atomic E-state index is 0.0185. The minimum Gasteiger partial charge on any atom is -0.481 e. The molecular formula is C14H16N2O4. The Morgan fingerprint density at radius 1 is 1.40 bits per heavy atom. The highest BCUT2D eigenvalue weighted by Crippen LogP contribution is 2.18. The Kier molecular flexibility index (Phi) is 3.48. The van der Waals surface area contributed by atoms with E-state index in [0.717, 1.165) is 5.69 Å². The lowest BCUT2D eigenvalue weighted by atomic mass is 9.94. The standard InChI is InChI=1S/C14H16N2O4/c1-8-4-5-10-9(16-8)6-11(20-10)12(17)15-7-14(2,3)13(18)19/h4-6H,7H2,1-3H3,(H,15,17)(H,18,19). The summed E-state index contributed by atoms with van der Waals surface area (Å²) in [5, 5.41) is 11.5. The number of amides is 1. The Labute approximate surface area is 115 Å². The van der Waals surface area contributed by atoms with Gasteiger partial charge in [0.15, 0.2) is 11.3 Å². The number of furan rings is 1. The van der Waals surface area contributed by atoms with Crippen LogP contribution in [-0.4, -0.2) is 28.5 Å². The number of fused-ring (bicyclic) bond motifs is 1. The highest BCUT2D eigenvalue weighted by molar-refractivity contribution is 5.95. The molecule has 2 N–H and O–H groups in total. The maximum absolute atomic E-state index is 11.9. The molecule has 0 aliphatic heterocycles. The van der Waals surface area contributed by atoms with E-state index < -0.39 is 17.3 Å². The fourth-order valence-electron chi connectivity index (χ4n) is 1.60. The number of pyridine rings is 1. The van der Waals surface area contributed by atoms with Gasteiger partial charge < -0.3 is 14.8 Å². The zero-order valence-corrected chi connectivity index (χ0v) is 11.6. The molecule has 6 heteroatoms. The van der Waals surface area contributed by atoms with Gasteiger partial charge in [0.2, 0.25) is 0 Å². The first-order chi connectivity index (χ1) is 9.29. The van der Waals surface area contributed by atoms with Crippen molar-refractivity contribution in [3.8, 4) is 0 Å². The summed E-state index contributed by atoms with van der Waals surface area (Å²) in [6.07, 6.45) is 0. The van der Waals surface area contributed by atoms with E-state index in [9.17, 15) is 9.59 Å². The van der Waals surface area contributed by atoms with Crippen LogP contribution in [0.5, 0.6) is 0 Å². The quantitative estimate of drug-likeness (QED) is 0.890. The highest BCUT2D eigenvalue weighted by atomic mass is 16.4. The number of rotatable bonds is 4. The van der Waals surface area contributed by atoms with Crippen molar-refractivity contribution in [2.24, 2.45) is 5.41 Å². The first-order valence-corrected chi connectivity index (χ1v) is 6.18. The SMILES string of the molecule is Cc1ccc2oc(C(=O)NCC(C)(C)C(=O)O)cc2n1.